The first-order valence-corrected chi connectivity index (χ1v) is 8.37. The third-order valence-electron chi connectivity index (χ3n) is 4.38. The smallest absolute Gasteiger partial charge is 0.259 e. The van der Waals surface area contributed by atoms with Gasteiger partial charge in [-0.3, -0.25) is 14.7 Å². The standard InChI is InChI=1S/C20H15N7O/c1-22-15-4-6-19(24-11-15)26(2)20(28)13-7-8-27-17(9-13)16(12-25-27)14-3-5-18(21)23-10-14/h3-12H,2H3,(H2,21,23). The van der Waals surface area contributed by atoms with Crippen molar-refractivity contribution in [3.05, 3.63) is 78.2 Å². The van der Waals surface area contributed by atoms with Gasteiger partial charge in [-0.1, -0.05) is 6.07 Å². The summed E-state index contributed by atoms with van der Waals surface area (Å²) in [6.45, 7) is 6.99. The molecule has 1 amide bonds. The lowest BCUT2D eigenvalue weighted by molar-refractivity contribution is 0.0992. The minimum Gasteiger partial charge on any atom is -0.384 e. The molecule has 0 radical (unpaired) electrons. The molecular formula is C20H15N7O. The highest BCUT2D eigenvalue weighted by Gasteiger charge is 2.17. The van der Waals surface area contributed by atoms with Crippen LogP contribution in [0.4, 0.5) is 17.3 Å². The molecule has 4 aromatic rings. The number of carbonyl (C=O) groups excluding carboxylic acids is 1. The molecule has 0 aliphatic carbocycles. The molecule has 8 nitrogen and oxygen atoms in total. The van der Waals surface area contributed by atoms with Crippen LogP contribution in [-0.4, -0.2) is 32.5 Å². The number of hydrogen-bond acceptors (Lipinski definition) is 5. The van der Waals surface area contributed by atoms with Gasteiger partial charge in [0, 0.05) is 42.3 Å². The number of nitrogen functional groups attached to an aromatic ring is 1. The largest absolute Gasteiger partial charge is 0.384 e. The number of anilines is 2. The van der Waals surface area contributed by atoms with Gasteiger partial charge in [0.25, 0.3) is 5.91 Å². The molecule has 0 aliphatic rings. The number of nitrogens with zero attached hydrogens (tertiary/aromatic N) is 6. The van der Waals surface area contributed by atoms with Crippen molar-refractivity contribution in [2.24, 2.45) is 0 Å². The number of amides is 1. The van der Waals surface area contributed by atoms with E-state index in [9.17, 15) is 4.79 Å². The van der Waals surface area contributed by atoms with E-state index in [2.05, 4.69) is 19.9 Å². The Balaban J connectivity index is 1.70. The SMILES string of the molecule is [C-]#[N+]c1ccc(N(C)C(=O)c2ccn3ncc(-c4ccc(N)nc4)c3c2)nc1. The first kappa shape index (κ1) is 17.2. The van der Waals surface area contributed by atoms with E-state index < -0.39 is 0 Å². The molecule has 0 aliphatic heterocycles. The van der Waals surface area contributed by atoms with Crippen molar-refractivity contribution in [3.8, 4) is 11.1 Å². The highest BCUT2D eigenvalue weighted by atomic mass is 16.2. The van der Waals surface area contributed by atoms with Gasteiger partial charge in [-0.2, -0.15) is 5.10 Å². The van der Waals surface area contributed by atoms with Crippen molar-refractivity contribution in [1.29, 1.82) is 0 Å². The van der Waals surface area contributed by atoms with Crippen LogP contribution in [0.3, 0.4) is 0 Å². The summed E-state index contributed by atoms with van der Waals surface area (Å²) in [6, 6.07) is 10.4. The van der Waals surface area contributed by atoms with E-state index in [4.69, 9.17) is 12.3 Å². The number of hydrogen-bond donors (Lipinski definition) is 1. The Morgan fingerprint density at radius 1 is 1.14 bits per heavy atom. The fraction of sp³-hybridized carbons (Fsp3) is 0.0500. The fourth-order valence-corrected chi connectivity index (χ4v) is 2.84. The number of aromatic nitrogens is 4. The minimum atomic E-state index is -0.215. The summed E-state index contributed by atoms with van der Waals surface area (Å²) in [6.07, 6.45) is 6.58. The molecule has 0 bridgehead atoms. The van der Waals surface area contributed by atoms with E-state index in [1.165, 1.54) is 11.1 Å². The molecule has 136 valence electrons. The molecule has 0 fully saturated rings. The average molecular weight is 369 g/mol. The predicted octanol–water partition coefficient (Wildman–Crippen LogP) is 3.20. The molecule has 0 atom stereocenters. The van der Waals surface area contributed by atoms with Crippen molar-refractivity contribution < 1.29 is 4.79 Å². The zero-order valence-electron chi connectivity index (χ0n) is 14.9. The van der Waals surface area contributed by atoms with Crippen molar-refractivity contribution in [3.63, 3.8) is 0 Å². The van der Waals surface area contributed by atoms with Gasteiger partial charge in [0.05, 0.1) is 18.3 Å². The topological polar surface area (TPSA) is 93.8 Å². The van der Waals surface area contributed by atoms with Crippen LogP contribution in [0.1, 0.15) is 10.4 Å². The van der Waals surface area contributed by atoms with Gasteiger partial charge in [0.15, 0.2) is 0 Å². The predicted molar refractivity (Wildman–Crippen MR) is 106 cm³/mol. The van der Waals surface area contributed by atoms with Crippen molar-refractivity contribution in [2.45, 2.75) is 0 Å². The van der Waals surface area contributed by atoms with Crippen LogP contribution in [0.2, 0.25) is 0 Å². The van der Waals surface area contributed by atoms with E-state index in [0.29, 0.717) is 22.9 Å². The first-order valence-electron chi connectivity index (χ1n) is 8.37. The first-order chi connectivity index (χ1) is 13.6. The summed E-state index contributed by atoms with van der Waals surface area (Å²) in [4.78, 5) is 26.0. The number of rotatable bonds is 3. The Bertz CT molecular complexity index is 1200. The minimum absolute atomic E-state index is 0.215. The Kier molecular flexibility index (Phi) is 4.18. The third-order valence-corrected chi connectivity index (χ3v) is 4.38. The van der Waals surface area contributed by atoms with Crippen LogP contribution in [0, 0.1) is 6.57 Å². The molecule has 4 heterocycles. The zero-order chi connectivity index (χ0) is 19.7. The quantitative estimate of drug-likeness (QED) is 0.560. The van der Waals surface area contributed by atoms with Crippen LogP contribution in [-0.2, 0) is 0 Å². The third kappa shape index (κ3) is 3.01. The summed E-state index contributed by atoms with van der Waals surface area (Å²) in [5, 5.41) is 4.33. The number of pyridine rings is 3. The van der Waals surface area contributed by atoms with E-state index in [1.807, 2.05) is 6.07 Å². The zero-order valence-corrected chi connectivity index (χ0v) is 14.9. The van der Waals surface area contributed by atoms with Gasteiger partial charge in [-0.05, 0) is 30.3 Å². The van der Waals surface area contributed by atoms with Crippen LogP contribution >= 0.6 is 0 Å². The molecule has 0 saturated carbocycles. The van der Waals surface area contributed by atoms with Crippen LogP contribution in [0.15, 0.2) is 61.2 Å². The summed E-state index contributed by atoms with van der Waals surface area (Å²) in [7, 11) is 1.65. The summed E-state index contributed by atoms with van der Waals surface area (Å²) < 4.78 is 1.70. The van der Waals surface area contributed by atoms with Gasteiger partial charge < -0.3 is 5.73 Å². The molecule has 28 heavy (non-hydrogen) atoms. The van der Waals surface area contributed by atoms with Crippen LogP contribution < -0.4 is 10.6 Å². The van der Waals surface area contributed by atoms with E-state index in [1.54, 1.807) is 60.5 Å². The highest BCUT2D eigenvalue weighted by Crippen LogP contribution is 2.26. The highest BCUT2D eigenvalue weighted by molar-refractivity contribution is 6.06. The second kappa shape index (κ2) is 6.81. The Morgan fingerprint density at radius 2 is 2.00 bits per heavy atom. The van der Waals surface area contributed by atoms with Gasteiger partial charge in [-0.15, -0.1) is 0 Å². The molecular weight excluding hydrogens is 354 g/mol. The molecule has 4 rings (SSSR count). The maximum absolute atomic E-state index is 12.9. The lowest BCUT2D eigenvalue weighted by Gasteiger charge is -2.16. The second-order valence-electron chi connectivity index (χ2n) is 6.13. The van der Waals surface area contributed by atoms with Crippen molar-refractivity contribution in [2.75, 3.05) is 17.7 Å². The van der Waals surface area contributed by atoms with E-state index in [0.717, 1.165) is 16.6 Å². The molecule has 0 unspecified atom stereocenters. The fourth-order valence-electron chi connectivity index (χ4n) is 2.84. The van der Waals surface area contributed by atoms with Crippen molar-refractivity contribution >= 4 is 28.7 Å². The molecule has 0 spiro atoms. The molecule has 0 aromatic carbocycles. The Morgan fingerprint density at radius 3 is 2.68 bits per heavy atom. The normalized spacial score (nSPS) is 10.6. The maximum atomic E-state index is 12.9. The number of carbonyl (C=O) groups is 1. The second-order valence-corrected chi connectivity index (χ2v) is 6.13. The van der Waals surface area contributed by atoms with Crippen LogP contribution in [0.5, 0.6) is 0 Å². The van der Waals surface area contributed by atoms with Gasteiger partial charge in [-0.25, -0.2) is 14.3 Å². The van der Waals surface area contributed by atoms with Gasteiger partial charge >= 0.3 is 0 Å². The van der Waals surface area contributed by atoms with Gasteiger partial charge in [0.2, 0.25) is 5.69 Å². The molecule has 0 saturated heterocycles. The van der Waals surface area contributed by atoms with Gasteiger partial charge in [0.1, 0.15) is 11.6 Å². The summed E-state index contributed by atoms with van der Waals surface area (Å²) >= 11 is 0. The van der Waals surface area contributed by atoms with E-state index >= 15 is 0 Å². The maximum Gasteiger partial charge on any atom is 0.259 e. The van der Waals surface area contributed by atoms with E-state index in [-0.39, 0.29) is 5.91 Å². The summed E-state index contributed by atoms with van der Waals surface area (Å²) in [5.74, 6) is 0.691. The summed E-state index contributed by atoms with van der Waals surface area (Å²) in [5.41, 5.74) is 9.07. The average Bonchev–Trinajstić information content (AvgIpc) is 3.16. The lowest BCUT2D eigenvalue weighted by atomic mass is 10.1. The number of fused-ring (bicyclic) bond motifs is 1. The molecule has 8 heteroatoms. The Labute approximate surface area is 160 Å². The lowest BCUT2D eigenvalue weighted by Crippen LogP contribution is -2.27. The molecule has 2 N–H and O–H groups in total. The monoisotopic (exact) mass is 369 g/mol. The Hall–Kier alpha value is -4.25. The number of nitrogens with two attached hydrogens (primary N) is 1. The van der Waals surface area contributed by atoms with Crippen LogP contribution in [0.25, 0.3) is 21.5 Å². The van der Waals surface area contributed by atoms with Crippen molar-refractivity contribution in [1.82, 2.24) is 19.6 Å². The molecule has 4 aromatic heterocycles.